The molecule has 1 unspecified atom stereocenters. The fourth-order valence-corrected chi connectivity index (χ4v) is 2.28. The average Bonchev–Trinajstić information content (AvgIpc) is 3.13. The molecule has 0 fully saturated rings. The Balaban J connectivity index is 1.64. The number of aliphatic hydroxyl groups is 1. The molecule has 4 N–H and O–H groups in total. The van der Waals surface area contributed by atoms with Crippen LogP contribution in [0.3, 0.4) is 0 Å². The minimum Gasteiger partial charge on any atom is -0.406 e. The molecular formula is C16H15F3N6O2. The monoisotopic (exact) mass is 380 g/mol. The van der Waals surface area contributed by atoms with E-state index >= 15 is 0 Å². The molecule has 0 saturated heterocycles. The smallest absolute Gasteiger partial charge is 0.406 e. The third kappa shape index (κ3) is 5.07. The summed E-state index contributed by atoms with van der Waals surface area (Å²) >= 11 is 0. The molecule has 27 heavy (non-hydrogen) atoms. The molecule has 0 spiro atoms. The number of aromatic nitrogens is 4. The standard InChI is InChI=1S/C16H15F3N6O2/c17-16(18,19)27-11-4-2-10(3-5-11)12(26)9-21-13-8-14(24-15(20)23-13)25-7-1-6-22-25/h1-8,12,26H,9H2,(H3,20,21,23,24). The van der Waals surface area contributed by atoms with Gasteiger partial charge in [0.15, 0.2) is 5.82 Å². The Labute approximate surface area is 151 Å². The molecule has 0 aliphatic rings. The number of rotatable bonds is 6. The Morgan fingerprint density at radius 2 is 1.96 bits per heavy atom. The van der Waals surface area contributed by atoms with Crippen LogP contribution in [0.4, 0.5) is 24.9 Å². The largest absolute Gasteiger partial charge is 0.573 e. The molecule has 8 nitrogen and oxygen atoms in total. The molecule has 1 atom stereocenters. The van der Waals surface area contributed by atoms with Gasteiger partial charge in [-0.25, -0.2) is 4.68 Å². The second-order valence-corrected chi connectivity index (χ2v) is 5.43. The Morgan fingerprint density at radius 3 is 2.59 bits per heavy atom. The van der Waals surface area contributed by atoms with Gasteiger partial charge in [-0.15, -0.1) is 13.2 Å². The number of hydrogen-bond donors (Lipinski definition) is 3. The fourth-order valence-electron chi connectivity index (χ4n) is 2.28. The van der Waals surface area contributed by atoms with Crippen LogP contribution < -0.4 is 15.8 Å². The Kier molecular flexibility index (Phi) is 5.12. The molecule has 0 radical (unpaired) electrons. The SMILES string of the molecule is Nc1nc(NCC(O)c2ccc(OC(F)(F)F)cc2)cc(-n2cccn2)n1. The van der Waals surface area contributed by atoms with Gasteiger partial charge in [0.2, 0.25) is 5.95 Å². The summed E-state index contributed by atoms with van der Waals surface area (Å²) in [5, 5.41) is 17.2. The molecule has 0 saturated carbocycles. The lowest BCUT2D eigenvalue weighted by atomic mass is 10.1. The molecule has 11 heteroatoms. The number of nitrogen functional groups attached to an aromatic ring is 1. The molecule has 142 valence electrons. The summed E-state index contributed by atoms with van der Waals surface area (Å²) in [6, 6.07) is 8.26. The van der Waals surface area contributed by atoms with E-state index in [1.807, 2.05) is 0 Å². The van der Waals surface area contributed by atoms with Crippen molar-refractivity contribution >= 4 is 11.8 Å². The van der Waals surface area contributed by atoms with Crippen LogP contribution in [0.25, 0.3) is 5.82 Å². The van der Waals surface area contributed by atoms with Crippen LogP contribution in [0.2, 0.25) is 0 Å². The third-order valence-electron chi connectivity index (χ3n) is 3.44. The van der Waals surface area contributed by atoms with E-state index in [-0.39, 0.29) is 18.2 Å². The van der Waals surface area contributed by atoms with Gasteiger partial charge in [0.1, 0.15) is 11.6 Å². The highest BCUT2D eigenvalue weighted by molar-refractivity contribution is 5.45. The van der Waals surface area contributed by atoms with Crippen LogP contribution in [0.5, 0.6) is 5.75 Å². The Morgan fingerprint density at radius 1 is 1.22 bits per heavy atom. The maximum absolute atomic E-state index is 12.2. The van der Waals surface area contributed by atoms with Crippen molar-refractivity contribution in [3.05, 3.63) is 54.4 Å². The number of hydrogen-bond acceptors (Lipinski definition) is 7. The summed E-state index contributed by atoms with van der Waals surface area (Å²) in [7, 11) is 0. The highest BCUT2D eigenvalue weighted by Gasteiger charge is 2.31. The number of ether oxygens (including phenoxy) is 1. The second kappa shape index (κ2) is 7.50. The molecule has 0 bridgehead atoms. The number of nitrogens with one attached hydrogen (secondary N) is 1. The molecule has 2 heterocycles. The maximum atomic E-state index is 12.2. The number of alkyl halides is 3. The van der Waals surface area contributed by atoms with Crippen molar-refractivity contribution in [1.82, 2.24) is 19.7 Å². The minimum absolute atomic E-state index is 0.0219. The third-order valence-corrected chi connectivity index (χ3v) is 3.44. The van der Waals surface area contributed by atoms with E-state index < -0.39 is 12.5 Å². The van der Waals surface area contributed by atoms with Crippen LogP contribution in [-0.4, -0.2) is 37.8 Å². The number of nitrogens with zero attached hydrogens (tertiary/aromatic N) is 4. The van der Waals surface area contributed by atoms with Gasteiger partial charge in [-0.1, -0.05) is 12.1 Å². The number of anilines is 2. The topological polar surface area (TPSA) is 111 Å². The van der Waals surface area contributed by atoms with Gasteiger partial charge in [-0.3, -0.25) is 0 Å². The van der Waals surface area contributed by atoms with Crippen molar-refractivity contribution in [1.29, 1.82) is 0 Å². The lowest BCUT2D eigenvalue weighted by Gasteiger charge is -2.14. The van der Waals surface area contributed by atoms with Gasteiger partial charge in [0, 0.05) is 25.0 Å². The summed E-state index contributed by atoms with van der Waals surface area (Å²) in [6.45, 7) is 0.0501. The van der Waals surface area contributed by atoms with E-state index in [2.05, 4.69) is 25.1 Å². The average molecular weight is 380 g/mol. The zero-order chi connectivity index (χ0) is 19.4. The van der Waals surface area contributed by atoms with E-state index in [1.54, 1.807) is 24.5 Å². The quantitative estimate of drug-likeness (QED) is 0.602. The fraction of sp³-hybridized carbons (Fsp3) is 0.188. The first kappa shape index (κ1) is 18.5. The van der Waals surface area contributed by atoms with E-state index in [0.29, 0.717) is 17.2 Å². The summed E-state index contributed by atoms with van der Waals surface area (Å²) in [5.74, 6) is 0.467. The second-order valence-electron chi connectivity index (χ2n) is 5.43. The number of benzene rings is 1. The van der Waals surface area contributed by atoms with Gasteiger partial charge in [0.05, 0.1) is 6.10 Å². The molecule has 0 aliphatic heterocycles. The first-order valence-electron chi connectivity index (χ1n) is 7.72. The highest BCUT2D eigenvalue weighted by atomic mass is 19.4. The van der Waals surface area contributed by atoms with Gasteiger partial charge >= 0.3 is 6.36 Å². The summed E-state index contributed by atoms with van der Waals surface area (Å²) in [5.41, 5.74) is 6.09. The number of halogens is 3. The molecular weight excluding hydrogens is 365 g/mol. The van der Waals surface area contributed by atoms with E-state index in [4.69, 9.17) is 5.73 Å². The molecule has 3 aromatic rings. The summed E-state index contributed by atoms with van der Waals surface area (Å²) in [6.07, 6.45) is -2.48. The Bertz CT molecular complexity index is 884. The Hall–Kier alpha value is -3.34. The van der Waals surface area contributed by atoms with Crippen LogP contribution in [0.15, 0.2) is 48.8 Å². The number of aliphatic hydroxyl groups excluding tert-OH is 1. The number of nitrogens with two attached hydrogens (primary N) is 1. The van der Waals surface area contributed by atoms with E-state index in [0.717, 1.165) is 12.1 Å². The first-order chi connectivity index (χ1) is 12.8. The van der Waals surface area contributed by atoms with Gasteiger partial charge in [0.25, 0.3) is 0 Å². The molecule has 3 rings (SSSR count). The summed E-state index contributed by atoms with van der Waals surface area (Å²) in [4.78, 5) is 8.08. The lowest BCUT2D eigenvalue weighted by molar-refractivity contribution is -0.274. The molecule has 0 amide bonds. The lowest BCUT2D eigenvalue weighted by Crippen LogP contribution is -2.17. The van der Waals surface area contributed by atoms with Gasteiger partial charge in [-0.2, -0.15) is 15.1 Å². The predicted molar refractivity (Wildman–Crippen MR) is 90.1 cm³/mol. The normalized spacial score (nSPS) is 12.6. The van der Waals surface area contributed by atoms with Crippen LogP contribution in [-0.2, 0) is 0 Å². The maximum Gasteiger partial charge on any atom is 0.573 e. The van der Waals surface area contributed by atoms with Crippen LogP contribution in [0.1, 0.15) is 11.7 Å². The van der Waals surface area contributed by atoms with E-state index in [9.17, 15) is 18.3 Å². The molecule has 0 aliphatic carbocycles. The van der Waals surface area contributed by atoms with Crippen molar-refractivity contribution in [2.45, 2.75) is 12.5 Å². The van der Waals surface area contributed by atoms with Crippen LogP contribution >= 0.6 is 0 Å². The van der Waals surface area contributed by atoms with Crippen LogP contribution in [0, 0.1) is 0 Å². The summed E-state index contributed by atoms with van der Waals surface area (Å²) < 4.78 is 41.8. The minimum atomic E-state index is -4.76. The van der Waals surface area contributed by atoms with Crippen molar-refractivity contribution < 1.29 is 23.0 Å². The van der Waals surface area contributed by atoms with Crippen molar-refractivity contribution in [2.24, 2.45) is 0 Å². The molecule has 2 aromatic heterocycles. The van der Waals surface area contributed by atoms with Gasteiger partial charge in [-0.05, 0) is 23.8 Å². The highest BCUT2D eigenvalue weighted by Crippen LogP contribution is 2.24. The van der Waals surface area contributed by atoms with Crippen molar-refractivity contribution in [2.75, 3.05) is 17.6 Å². The zero-order valence-corrected chi connectivity index (χ0v) is 13.8. The van der Waals surface area contributed by atoms with E-state index in [1.165, 1.54) is 16.8 Å². The van der Waals surface area contributed by atoms with Crippen molar-refractivity contribution in [3.63, 3.8) is 0 Å². The van der Waals surface area contributed by atoms with Gasteiger partial charge < -0.3 is 20.9 Å². The zero-order valence-electron chi connectivity index (χ0n) is 13.8. The molecule has 1 aromatic carbocycles. The predicted octanol–water partition coefficient (Wildman–Crippen LogP) is 2.29. The van der Waals surface area contributed by atoms with Crippen molar-refractivity contribution in [3.8, 4) is 11.6 Å². The first-order valence-corrected chi connectivity index (χ1v) is 7.72.